The maximum Gasteiger partial charge on any atom is 0.307 e. The molecule has 8 nitrogen and oxygen atoms in total. The Bertz CT molecular complexity index is 1260. The Morgan fingerprint density at radius 1 is 1.42 bits per heavy atom. The van der Waals surface area contributed by atoms with Gasteiger partial charge in [-0.1, -0.05) is 25.4 Å². The van der Waals surface area contributed by atoms with Crippen LogP contribution in [0.1, 0.15) is 20.3 Å². The van der Waals surface area contributed by atoms with Crippen LogP contribution in [0.3, 0.4) is 0 Å². The summed E-state index contributed by atoms with van der Waals surface area (Å²) in [5.41, 5.74) is 2.76. The maximum absolute atomic E-state index is 11.9. The summed E-state index contributed by atoms with van der Waals surface area (Å²) in [6, 6.07) is 3.45. The van der Waals surface area contributed by atoms with Crippen LogP contribution < -0.4 is 5.32 Å². The van der Waals surface area contributed by atoms with Gasteiger partial charge in [-0.3, -0.25) is 8.77 Å². The summed E-state index contributed by atoms with van der Waals surface area (Å²) in [4.78, 5) is 25.8. The Labute approximate surface area is 199 Å². The van der Waals surface area contributed by atoms with E-state index in [4.69, 9.17) is 30.7 Å². The molecular weight excluding hydrogens is 553 g/mol. The van der Waals surface area contributed by atoms with E-state index in [-0.39, 0.29) is 24.3 Å². The number of furan rings is 1. The van der Waals surface area contributed by atoms with E-state index in [2.05, 4.69) is 31.5 Å². The van der Waals surface area contributed by atoms with Gasteiger partial charge in [-0.05, 0) is 12.0 Å². The van der Waals surface area contributed by atoms with Crippen molar-refractivity contribution in [3.8, 4) is 11.4 Å². The van der Waals surface area contributed by atoms with Gasteiger partial charge in [0, 0.05) is 65.8 Å². The zero-order chi connectivity index (χ0) is 22.1. The van der Waals surface area contributed by atoms with E-state index in [0.717, 1.165) is 16.6 Å². The number of methoxy groups -OCH3 is 1. The van der Waals surface area contributed by atoms with Crippen LogP contribution in [0.4, 0.5) is 5.82 Å². The minimum atomic E-state index is -0.293. The van der Waals surface area contributed by atoms with Crippen LogP contribution in [0.2, 0.25) is 5.02 Å². The highest BCUT2D eigenvalue weighted by molar-refractivity contribution is 14.2. The van der Waals surface area contributed by atoms with Gasteiger partial charge in [0.2, 0.25) is 0 Å². The fraction of sp³-hybridized carbons (Fsp3) is 0.300. The lowest BCUT2D eigenvalue weighted by Crippen LogP contribution is -2.29. The normalized spacial score (nSPS) is 12.6. The third kappa shape index (κ3) is 4.46. The molecule has 0 fully saturated rings. The second-order valence-corrected chi connectivity index (χ2v) is 9.42. The van der Waals surface area contributed by atoms with Crippen molar-refractivity contribution in [3.05, 3.63) is 35.8 Å². The van der Waals surface area contributed by atoms with E-state index < -0.39 is 0 Å². The zero-order valence-electron chi connectivity index (χ0n) is 16.9. The molecule has 0 aliphatic heterocycles. The minimum absolute atomic E-state index is 0.155. The van der Waals surface area contributed by atoms with Crippen molar-refractivity contribution >= 4 is 75.8 Å². The van der Waals surface area contributed by atoms with E-state index in [1.807, 2.05) is 30.1 Å². The van der Waals surface area contributed by atoms with Crippen molar-refractivity contribution in [3.63, 3.8) is 0 Å². The van der Waals surface area contributed by atoms with Gasteiger partial charge in [-0.25, -0.2) is 15.0 Å². The number of halogens is 2. The number of carbonyl (C=O) groups is 1. The van der Waals surface area contributed by atoms with Gasteiger partial charge in [0.25, 0.3) is 0 Å². The van der Waals surface area contributed by atoms with Crippen LogP contribution in [-0.2, 0) is 9.53 Å². The number of esters is 1. The summed E-state index contributed by atoms with van der Waals surface area (Å²) in [5.74, 6) is 0.891. The first kappa shape index (κ1) is 22.2. The third-order valence-electron chi connectivity index (χ3n) is 4.94. The molecule has 0 aliphatic rings. The Balaban J connectivity index is 1.84. The molecule has 0 bridgehead atoms. The molecule has 4 heterocycles. The molecule has 0 saturated heterocycles. The van der Waals surface area contributed by atoms with Crippen LogP contribution in [0.15, 0.2) is 35.2 Å². The number of ether oxygens (including phenoxy) is 1. The Kier molecular flexibility index (Phi) is 6.58. The average molecular weight is 572 g/mol. The van der Waals surface area contributed by atoms with Gasteiger partial charge >= 0.3 is 5.97 Å². The van der Waals surface area contributed by atoms with Gasteiger partial charge in [-0.2, -0.15) is 0 Å². The lowest BCUT2D eigenvalue weighted by Gasteiger charge is -2.22. The fourth-order valence-corrected chi connectivity index (χ4v) is 4.67. The van der Waals surface area contributed by atoms with E-state index >= 15 is 0 Å². The molecule has 4 rings (SSSR count). The van der Waals surface area contributed by atoms with Gasteiger partial charge in [0.15, 0.2) is 22.9 Å². The molecule has 1 unspecified atom stereocenters. The van der Waals surface area contributed by atoms with Crippen molar-refractivity contribution in [2.75, 3.05) is 12.4 Å². The predicted molar refractivity (Wildman–Crippen MR) is 131 cm³/mol. The summed E-state index contributed by atoms with van der Waals surface area (Å²) in [5, 5.41) is 4.74. The highest BCUT2D eigenvalue weighted by Crippen LogP contribution is 2.35. The van der Waals surface area contributed by atoms with Crippen LogP contribution >= 0.6 is 41.9 Å². The molecular formula is C20H19ClIN5O3S. The molecule has 0 aromatic carbocycles. The predicted octanol–water partition coefficient (Wildman–Crippen LogP) is 5.74. The first-order chi connectivity index (χ1) is 14.9. The van der Waals surface area contributed by atoms with E-state index in [0.29, 0.717) is 27.8 Å². The quantitative estimate of drug-likeness (QED) is 0.222. The summed E-state index contributed by atoms with van der Waals surface area (Å²) < 4.78 is 12.4. The molecule has 162 valence electrons. The molecule has 0 spiro atoms. The number of anilines is 1. The molecule has 11 heteroatoms. The van der Waals surface area contributed by atoms with Crippen molar-refractivity contribution in [1.82, 2.24) is 18.9 Å². The van der Waals surface area contributed by atoms with Crippen LogP contribution in [0.5, 0.6) is 0 Å². The number of aromatic nitrogens is 4. The number of nitrogens with zero attached hydrogens (tertiary/aromatic N) is 4. The number of nitrogens with one attached hydrogen (secondary N) is 1. The molecule has 1 N–H and O–H groups in total. The monoisotopic (exact) mass is 571 g/mol. The van der Waals surface area contributed by atoms with Gasteiger partial charge in [-0.15, -0.1) is 0 Å². The SMILES string of the molecule is COC(=O)CC(Nc1nc(-c2cn(SI)c3ncc(Cl)cc23)nc2ccoc12)C(C)C. The number of hydrogen-bond donors (Lipinski definition) is 1. The number of carbonyl (C=O) groups excluding carboxylic acids is 1. The number of pyridine rings is 1. The standard InChI is InChI=1S/C20H19ClIN5O3S/c1-10(2)15(7-16(28)29-3)25-19-17-14(4-5-30-17)24-18(26-19)13-9-27(31-22)20-12(13)6-11(21)8-23-20/h4-6,8-10,15H,7H2,1-3H3,(H,24,25,26). The molecule has 0 amide bonds. The topological polar surface area (TPSA) is 95.1 Å². The smallest absolute Gasteiger partial charge is 0.307 e. The average Bonchev–Trinajstić information content (AvgIpc) is 3.36. The van der Waals surface area contributed by atoms with Gasteiger partial charge in [0.05, 0.1) is 24.8 Å². The number of rotatable bonds is 7. The molecule has 4 aromatic heterocycles. The number of hydrogen-bond acceptors (Lipinski definition) is 8. The van der Waals surface area contributed by atoms with Crippen molar-refractivity contribution in [2.24, 2.45) is 5.92 Å². The Morgan fingerprint density at radius 2 is 2.23 bits per heavy atom. The maximum atomic E-state index is 11.9. The lowest BCUT2D eigenvalue weighted by atomic mass is 10.0. The highest BCUT2D eigenvalue weighted by Gasteiger charge is 2.23. The van der Waals surface area contributed by atoms with Crippen molar-refractivity contribution in [1.29, 1.82) is 0 Å². The zero-order valence-corrected chi connectivity index (χ0v) is 20.7. The summed E-state index contributed by atoms with van der Waals surface area (Å²) >= 11 is 8.41. The summed E-state index contributed by atoms with van der Waals surface area (Å²) in [6.07, 6.45) is 5.33. The van der Waals surface area contributed by atoms with Gasteiger partial charge < -0.3 is 14.5 Å². The van der Waals surface area contributed by atoms with Crippen molar-refractivity contribution in [2.45, 2.75) is 26.3 Å². The number of fused-ring (bicyclic) bond motifs is 2. The summed E-state index contributed by atoms with van der Waals surface area (Å²) in [6.45, 7) is 4.06. The summed E-state index contributed by atoms with van der Waals surface area (Å²) in [7, 11) is 2.88. The van der Waals surface area contributed by atoms with Crippen molar-refractivity contribution < 1.29 is 13.9 Å². The Hall–Kier alpha value is -2.05. The minimum Gasteiger partial charge on any atom is -0.469 e. The fourth-order valence-electron chi connectivity index (χ4n) is 3.26. The third-order valence-corrected chi connectivity index (χ3v) is 6.85. The Morgan fingerprint density at radius 3 is 2.94 bits per heavy atom. The second kappa shape index (κ2) is 9.21. The second-order valence-electron chi connectivity index (χ2n) is 7.27. The van der Waals surface area contributed by atoms with Crippen LogP contribution in [-0.4, -0.2) is 38.0 Å². The van der Waals surface area contributed by atoms with E-state index in [9.17, 15) is 4.79 Å². The largest absolute Gasteiger partial charge is 0.469 e. The first-order valence-corrected chi connectivity index (χ1v) is 13.1. The lowest BCUT2D eigenvalue weighted by molar-refractivity contribution is -0.141. The van der Waals surface area contributed by atoms with E-state index in [1.54, 1.807) is 18.5 Å². The molecule has 1 atom stereocenters. The van der Waals surface area contributed by atoms with Crippen LogP contribution in [0, 0.1) is 5.92 Å². The molecule has 0 radical (unpaired) electrons. The highest BCUT2D eigenvalue weighted by atomic mass is 127. The van der Waals surface area contributed by atoms with Gasteiger partial charge in [0.1, 0.15) is 5.52 Å². The molecule has 0 saturated carbocycles. The molecule has 4 aromatic rings. The molecule has 0 aliphatic carbocycles. The van der Waals surface area contributed by atoms with Crippen LogP contribution in [0.25, 0.3) is 33.5 Å². The first-order valence-electron chi connectivity index (χ1n) is 9.46. The molecule has 31 heavy (non-hydrogen) atoms. The van der Waals surface area contributed by atoms with E-state index in [1.165, 1.54) is 16.2 Å².